The van der Waals surface area contributed by atoms with Crippen molar-refractivity contribution in [3.05, 3.63) is 99.0 Å². The molecule has 228 valence electrons. The first-order chi connectivity index (χ1) is 20.7. The zero-order valence-corrected chi connectivity index (χ0v) is 24.5. The number of fused-ring (bicyclic) bond motifs is 2. The first-order valence-corrected chi connectivity index (χ1v) is 13.8. The number of hydrogen-bond acceptors (Lipinski definition) is 7. The number of hydrogen-bond donors (Lipinski definition) is 3. The van der Waals surface area contributed by atoms with Crippen molar-refractivity contribution in [1.82, 2.24) is 25.2 Å². The van der Waals surface area contributed by atoms with E-state index in [4.69, 9.17) is 10.5 Å². The number of amides is 3. The molecule has 1 aliphatic rings. The summed E-state index contributed by atoms with van der Waals surface area (Å²) in [4.78, 5) is 55.4. The average Bonchev–Trinajstić information content (AvgIpc) is 3.57. The molecule has 0 aliphatic heterocycles. The van der Waals surface area contributed by atoms with Crippen LogP contribution in [-0.4, -0.2) is 43.9 Å². The lowest BCUT2D eigenvalue weighted by Crippen LogP contribution is -2.31. The summed E-state index contributed by atoms with van der Waals surface area (Å²) in [7, 11) is 0. The summed E-state index contributed by atoms with van der Waals surface area (Å²) in [5.74, 6) is -4.66. The Morgan fingerprint density at radius 3 is 2.45 bits per heavy atom. The molecule has 1 atom stereocenters. The third kappa shape index (κ3) is 6.12. The van der Waals surface area contributed by atoms with Crippen LogP contribution in [0.1, 0.15) is 97.3 Å². The number of primary amides is 1. The van der Waals surface area contributed by atoms with Crippen molar-refractivity contribution in [3.63, 3.8) is 0 Å². The first kappa shape index (κ1) is 30.3. The molecule has 5 rings (SSSR count). The van der Waals surface area contributed by atoms with Gasteiger partial charge in [0.2, 0.25) is 0 Å². The molecule has 1 aliphatic carbocycles. The number of aromatic nitrogens is 3. The van der Waals surface area contributed by atoms with Gasteiger partial charge in [-0.1, -0.05) is 12.1 Å². The second-order valence-corrected chi connectivity index (χ2v) is 11.5. The highest BCUT2D eigenvalue weighted by atomic mass is 19.2. The molecule has 0 saturated carbocycles. The van der Waals surface area contributed by atoms with Gasteiger partial charge in [-0.3, -0.25) is 14.4 Å². The van der Waals surface area contributed by atoms with Crippen molar-refractivity contribution in [2.24, 2.45) is 5.73 Å². The number of benzene rings is 2. The lowest BCUT2D eigenvalue weighted by molar-refractivity contribution is 0.00682. The second kappa shape index (κ2) is 11.5. The van der Waals surface area contributed by atoms with Crippen LogP contribution in [0.5, 0.6) is 0 Å². The maximum Gasteiger partial charge on any atom is 0.338 e. The van der Waals surface area contributed by atoms with E-state index in [-0.39, 0.29) is 29.3 Å². The zero-order chi connectivity index (χ0) is 31.9. The van der Waals surface area contributed by atoms with Crippen molar-refractivity contribution in [3.8, 4) is 0 Å². The Labute approximate surface area is 250 Å². The molecular weight excluding hydrogens is 574 g/mol. The van der Waals surface area contributed by atoms with Gasteiger partial charge in [-0.2, -0.15) is 5.10 Å². The third-order valence-electron chi connectivity index (χ3n) is 7.20. The molecular formula is C31H30F2N6O5. The Morgan fingerprint density at radius 1 is 1.02 bits per heavy atom. The lowest BCUT2D eigenvalue weighted by Gasteiger charge is -2.21. The van der Waals surface area contributed by atoms with Crippen molar-refractivity contribution >= 4 is 29.3 Å². The van der Waals surface area contributed by atoms with Gasteiger partial charge in [-0.25, -0.2) is 23.1 Å². The number of carbonyl (C=O) groups is 4. The largest absolute Gasteiger partial charge is 0.456 e. The molecule has 2 heterocycles. The molecule has 4 N–H and O–H groups in total. The third-order valence-corrected chi connectivity index (χ3v) is 7.20. The van der Waals surface area contributed by atoms with Gasteiger partial charge in [0.05, 0.1) is 11.6 Å². The standard InChI is InChI=1S/C31H30F2N6O5/c1-15-17-8-10-22(19(17)7-6-18(15)30(43)44-31(2,3)4)37-29(42)25-12-24(36-26-13-23(27(34)40)38-39(25)26)28(41)35-14-16-5-9-20(32)21(33)11-16/h5-7,9,11-13,22H,8,10,14H2,1-4H3,(H2,34,40)(H,35,41)(H,37,42)/t22-/m0/s1. The molecule has 0 unspecified atom stereocenters. The van der Waals surface area contributed by atoms with Crippen LogP contribution in [-0.2, 0) is 17.7 Å². The molecule has 0 spiro atoms. The number of carbonyl (C=O) groups excluding carboxylic acids is 4. The van der Waals surface area contributed by atoms with Crippen molar-refractivity contribution < 1.29 is 32.7 Å². The Kier molecular flexibility index (Phi) is 7.89. The maximum absolute atomic E-state index is 13.6. The molecule has 2 aromatic carbocycles. The Balaban J connectivity index is 1.41. The molecule has 13 heteroatoms. The molecule has 0 bridgehead atoms. The van der Waals surface area contributed by atoms with Gasteiger partial charge in [-0.05, 0) is 81.0 Å². The van der Waals surface area contributed by atoms with E-state index in [9.17, 15) is 28.0 Å². The topological polar surface area (TPSA) is 158 Å². The predicted octanol–water partition coefficient (Wildman–Crippen LogP) is 3.72. The average molecular weight is 605 g/mol. The smallest absolute Gasteiger partial charge is 0.338 e. The van der Waals surface area contributed by atoms with Crippen LogP contribution >= 0.6 is 0 Å². The molecule has 2 aromatic heterocycles. The number of nitrogens with one attached hydrogen (secondary N) is 2. The summed E-state index contributed by atoms with van der Waals surface area (Å²) in [6.45, 7) is 7.09. The number of esters is 1. The Bertz CT molecular complexity index is 1850. The summed E-state index contributed by atoms with van der Waals surface area (Å²) in [6.07, 6.45) is 1.17. The quantitative estimate of drug-likeness (QED) is 0.271. The van der Waals surface area contributed by atoms with Gasteiger partial charge in [-0.15, -0.1) is 0 Å². The first-order valence-electron chi connectivity index (χ1n) is 13.8. The van der Waals surface area contributed by atoms with Crippen molar-refractivity contribution in [2.75, 3.05) is 0 Å². The van der Waals surface area contributed by atoms with E-state index in [0.717, 1.165) is 33.3 Å². The normalized spacial score (nSPS) is 14.3. The lowest BCUT2D eigenvalue weighted by atomic mass is 9.97. The SMILES string of the molecule is Cc1c(C(=O)OC(C)(C)C)ccc2c1CC[C@@H]2NC(=O)c1cc(C(=O)NCc2ccc(F)c(F)c2)nc2cc(C(N)=O)nn12. The minimum Gasteiger partial charge on any atom is -0.456 e. The van der Waals surface area contributed by atoms with Crippen LogP contribution in [0.2, 0.25) is 0 Å². The van der Waals surface area contributed by atoms with E-state index < -0.39 is 47.0 Å². The van der Waals surface area contributed by atoms with Gasteiger partial charge >= 0.3 is 5.97 Å². The van der Waals surface area contributed by atoms with Gasteiger partial charge in [0.15, 0.2) is 23.0 Å². The Morgan fingerprint density at radius 2 is 1.77 bits per heavy atom. The fourth-order valence-electron chi connectivity index (χ4n) is 5.11. The van der Waals surface area contributed by atoms with Crippen molar-refractivity contribution in [2.45, 2.75) is 58.7 Å². The van der Waals surface area contributed by atoms with E-state index in [1.54, 1.807) is 32.9 Å². The van der Waals surface area contributed by atoms with E-state index in [0.29, 0.717) is 24.0 Å². The van der Waals surface area contributed by atoms with Gasteiger partial charge in [0.1, 0.15) is 17.0 Å². The van der Waals surface area contributed by atoms with E-state index >= 15 is 0 Å². The van der Waals surface area contributed by atoms with Crippen LogP contribution in [0.15, 0.2) is 42.5 Å². The number of nitrogens with two attached hydrogens (primary N) is 1. The minimum absolute atomic E-state index is 0.0223. The van der Waals surface area contributed by atoms with E-state index in [2.05, 4.69) is 20.7 Å². The molecule has 44 heavy (non-hydrogen) atoms. The maximum atomic E-state index is 13.6. The van der Waals surface area contributed by atoms with Gasteiger partial charge in [0, 0.05) is 18.7 Å². The molecule has 4 aromatic rings. The number of rotatable bonds is 7. The van der Waals surface area contributed by atoms with Crippen LogP contribution in [0, 0.1) is 18.6 Å². The number of ether oxygens (including phenoxy) is 1. The monoisotopic (exact) mass is 604 g/mol. The molecule has 3 amide bonds. The van der Waals surface area contributed by atoms with Crippen LogP contribution in [0.4, 0.5) is 8.78 Å². The van der Waals surface area contributed by atoms with E-state index in [1.165, 1.54) is 18.2 Å². The molecule has 0 fully saturated rings. The summed E-state index contributed by atoms with van der Waals surface area (Å²) in [6, 6.07) is 8.75. The highest BCUT2D eigenvalue weighted by molar-refractivity contribution is 5.99. The summed E-state index contributed by atoms with van der Waals surface area (Å²) in [5, 5.41) is 9.62. The second-order valence-electron chi connectivity index (χ2n) is 11.5. The zero-order valence-electron chi connectivity index (χ0n) is 24.5. The fourth-order valence-corrected chi connectivity index (χ4v) is 5.11. The number of nitrogens with zero attached hydrogens (tertiary/aromatic N) is 3. The summed E-state index contributed by atoms with van der Waals surface area (Å²) in [5.41, 5.74) is 7.66. The van der Waals surface area contributed by atoms with Crippen LogP contribution in [0.3, 0.4) is 0 Å². The highest BCUT2D eigenvalue weighted by Gasteiger charge is 2.30. The Hall–Kier alpha value is -5.20. The van der Waals surface area contributed by atoms with Crippen molar-refractivity contribution in [1.29, 1.82) is 0 Å². The molecule has 0 radical (unpaired) electrons. The van der Waals surface area contributed by atoms with Crippen LogP contribution < -0.4 is 16.4 Å². The van der Waals surface area contributed by atoms with Crippen LogP contribution in [0.25, 0.3) is 5.65 Å². The minimum atomic E-state index is -1.06. The van der Waals surface area contributed by atoms with E-state index in [1.807, 2.05) is 6.92 Å². The van der Waals surface area contributed by atoms with Gasteiger partial charge in [0.25, 0.3) is 17.7 Å². The molecule has 11 nitrogen and oxygen atoms in total. The fraction of sp³-hybridized carbons (Fsp3) is 0.290. The predicted molar refractivity (Wildman–Crippen MR) is 154 cm³/mol. The van der Waals surface area contributed by atoms with Gasteiger partial charge < -0.3 is 21.1 Å². The molecule has 0 saturated heterocycles. The summed E-state index contributed by atoms with van der Waals surface area (Å²) < 4.78 is 33.5. The summed E-state index contributed by atoms with van der Waals surface area (Å²) >= 11 is 0. The number of halogens is 2. The highest BCUT2D eigenvalue weighted by Crippen LogP contribution is 2.35.